The van der Waals surface area contributed by atoms with Crippen LogP contribution in [0.3, 0.4) is 0 Å². The Labute approximate surface area is 267 Å². The van der Waals surface area contributed by atoms with Crippen LogP contribution in [0.25, 0.3) is 0 Å². The van der Waals surface area contributed by atoms with E-state index in [-0.39, 0.29) is 37.3 Å². The lowest BCUT2D eigenvalue weighted by Gasteiger charge is -2.73. The Hall–Kier alpha value is -2.80. The molecule has 1 spiro atoms. The second kappa shape index (κ2) is 9.87. The Kier molecular flexibility index (Phi) is 6.82. The Morgan fingerprint density at radius 1 is 1.02 bits per heavy atom. The van der Waals surface area contributed by atoms with Crippen molar-refractivity contribution < 1.29 is 57.5 Å². The number of Topliss-reactive ketones (excluding diaryl/α,β-unsaturated/α-hetero) is 1. The minimum atomic E-state index is -1.54. The summed E-state index contributed by atoms with van der Waals surface area (Å²) in [7, 11) is 0. The monoisotopic (exact) mass is 644 g/mol. The van der Waals surface area contributed by atoms with Crippen LogP contribution in [0, 0.1) is 39.4 Å². The molecule has 0 radical (unpaired) electrons. The number of hydrogen-bond acceptors (Lipinski definition) is 12. The van der Waals surface area contributed by atoms with Gasteiger partial charge in [-0.2, -0.15) is 0 Å². The molecule has 46 heavy (non-hydrogen) atoms. The summed E-state index contributed by atoms with van der Waals surface area (Å²) in [5.74, 6) is -4.50. The van der Waals surface area contributed by atoms with E-state index < -0.39 is 93.6 Å². The highest BCUT2D eigenvalue weighted by Gasteiger charge is 2.90. The van der Waals surface area contributed by atoms with Crippen molar-refractivity contribution in [2.45, 2.75) is 116 Å². The number of aliphatic hydroxyl groups is 2. The quantitative estimate of drug-likeness (QED) is 0.273. The SMILES string of the molecule is CC(=O)OC1C(OC(C)=O)C2(C)C(OC(=O)C(C)C)OCC3(C1O)C2CC(O)C1(C)C3C(=O)CC2(C)C(c3ccoc3)CC3OC321. The number of aliphatic hydroxyl groups excluding tert-OH is 2. The maximum absolute atomic E-state index is 14.9. The maximum Gasteiger partial charge on any atom is 0.310 e. The van der Waals surface area contributed by atoms with Crippen molar-refractivity contribution in [2.24, 2.45) is 39.4 Å². The third-order valence-electron chi connectivity index (χ3n) is 13.1. The molecule has 252 valence electrons. The van der Waals surface area contributed by atoms with Crippen LogP contribution in [0.5, 0.6) is 0 Å². The fraction of sp³-hybridized carbons (Fsp3) is 0.765. The zero-order valence-electron chi connectivity index (χ0n) is 27.3. The van der Waals surface area contributed by atoms with Gasteiger partial charge in [-0.25, -0.2) is 0 Å². The van der Waals surface area contributed by atoms with Crippen molar-refractivity contribution in [1.82, 2.24) is 0 Å². The smallest absolute Gasteiger partial charge is 0.310 e. The lowest BCUT2D eigenvalue weighted by atomic mass is 9.33. The van der Waals surface area contributed by atoms with Crippen LogP contribution in [0.1, 0.15) is 79.2 Å². The van der Waals surface area contributed by atoms with Gasteiger partial charge in [-0.3, -0.25) is 19.2 Å². The van der Waals surface area contributed by atoms with Crippen LogP contribution in [0.15, 0.2) is 23.0 Å². The van der Waals surface area contributed by atoms with Gasteiger partial charge in [0.1, 0.15) is 17.5 Å². The molecule has 7 rings (SSSR count). The lowest BCUT2D eigenvalue weighted by molar-refractivity contribution is -0.389. The van der Waals surface area contributed by atoms with Crippen molar-refractivity contribution in [2.75, 3.05) is 6.61 Å². The topological polar surface area (TPSA) is 171 Å². The van der Waals surface area contributed by atoms with E-state index in [0.717, 1.165) is 5.56 Å². The van der Waals surface area contributed by atoms with Crippen molar-refractivity contribution in [3.8, 4) is 0 Å². The number of carbonyl (C=O) groups is 4. The predicted molar refractivity (Wildman–Crippen MR) is 155 cm³/mol. The fourth-order valence-electron chi connectivity index (χ4n) is 11.5. The predicted octanol–water partition coefficient (Wildman–Crippen LogP) is 2.67. The Morgan fingerprint density at radius 3 is 2.33 bits per heavy atom. The van der Waals surface area contributed by atoms with Crippen molar-refractivity contribution in [3.05, 3.63) is 24.2 Å². The molecule has 6 fully saturated rings. The summed E-state index contributed by atoms with van der Waals surface area (Å²) >= 11 is 0. The second-order valence-electron chi connectivity index (χ2n) is 15.5. The van der Waals surface area contributed by atoms with Crippen LogP contribution in [-0.2, 0) is 42.9 Å². The van der Waals surface area contributed by atoms with Crippen LogP contribution >= 0.6 is 0 Å². The molecule has 12 nitrogen and oxygen atoms in total. The number of fused-ring (bicyclic) bond motifs is 1. The number of furan rings is 1. The van der Waals surface area contributed by atoms with E-state index in [1.807, 2.05) is 19.9 Å². The molecule has 12 heteroatoms. The second-order valence-corrected chi connectivity index (χ2v) is 15.5. The first-order valence-corrected chi connectivity index (χ1v) is 16.3. The van der Waals surface area contributed by atoms with E-state index in [1.165, 1.54) is 13.8 Å². The zero-order valence-corrected chi connectivity index (χ0v) is 27.3. The largest absolute Gasteiger partial charge is 0.472 e. The van der Waals surface area contributed by atoms with Gasteiger partial charge in [0.25, 0.3) is 0 Å². The summed E-state index contributed by atoms with van der Waals surface area (Å²) < 4.78 is 35.9. The molecular formula is C34H44O12. The molecule has 2 saturated heterocycles. The van der Waals surface area contributed by atoms with E-state index in [4.69, 9.17) is 28.1 Å². The highest BCUT2D eigenvalue weighted by Crippen LogP contribution is 2.82. The number of hydrogen-bond donors (Lipinski definition) is 2. The van der Waals surface area contributed by atoms with Crippen molar-refractivity contribution in [1.29, 1.82) is 0 Å². The van der Waals surface area contributed by atoms with Gasteiger partial charge in [0, 0.05) is 42.4 Å². The van der Waals surface area contributed by atoms with Gasteiger partial charge in [-0.05, 0) is 43.2 Å². The summed E-state index contributed by atoms with van der Waals surface area (Å²) in [4.78, 5) is 53.0. The molecule has 0 aromatic carbocycles. The molecule has 2 N–H and O–H groups in total. The molecule has 6 aliphatic rings. The molecule has 4 aliphatic carbocycles. The summed E-state index contributed by atoms with van der Waals surface area (Å²) in [6.07, 6.45) is -2.79. The van der Waals surface area contributed by atoms with E-state index in [2.05, 4.69) is 0 Å². The van der Waals surface area contributed by atoms with Crippen LogP contribution in [0.2, 0.25) is 0 Å². The first kappa shape index (κ1) is 31.8. The molecule has 1 aromatic heterocycles. The molecule has 2 bridgehead atoms. The van der Waals surface area contributed by atoms with E-state index in [1.54, 1.807) is 33.3 Å². The van der Waals surface area contributed by atoms with E-state index in [9.17, 15) is 29.4 Å². The maximum atomic E-state index is 14.9. The zero-order chi connectivity index (χ0) is 33.4. The first-order chi connectivity index (χ1) is 21.5. The fourth-order valence-corrected chi connectivity index (χ4v) is 11.5. The average Bonchev–Trinajstić information content (AvgIpc) is 3.34. The Morgan fingerprint density at radius 2 is 1.72 bits per heavy atom. The van der Waals surface area contributed by atoms with Gasteiger partial charge in [-0.15, -0.1) is 0 Å². The van der Waals surface area contributed by atoms with Gasteiger partial charge in [0.15, 0.2) is 12.2 Å². The van der Waals surface area contributed by atoms with Gasteiger partial charge in [0.05, 0.1) is 42.7 Å². The van der Waals surface area contributed by atoms with Crippen molar-refractivity contribution >= 4 is 23.7 Å². The van der Waals surface area contributed by atoms with Gasteiger partial charge in [-0.1, -0.05) is 27.7 Å². The van der Waals surface area contributed by atoms with Gasteiger partial charge >= 0.3 is 17.9 Å². The van der Waals surface area contributed by atoms with E-state index in [0.29, 0.717) is 6.42 Å². The van der Waals surface area contributed by atoms with Crippen molar-refractivity contribution in [3.63, 3.8) is 0 Å². The summed E-state index contributed by atoms with van der Waals surface area (Å²) in [5.41, 5.74) is -4.66. The summed E-state index contributed by atoms with van der Waals surface area (Å²) in [5, 5.41) is 24.9. The lowest BCUT2D eigenvalue weighted by Crippen LogP contribution is -2.83. The molecule has 14 unspecified atom stereocenters. The molecule has 0 amide bonds. The normalized spacial score (nSPS) is 50.0. The Bertz CT molecular complexity index is 1470. The number of carbonyl (C=O) groups excluding carboxylic acids is 4. The highest BCUT2D eigenvalue weighted by molar-refractivity contribution is 5.87. The van der Waals surface area contributed by atoms with Crippen LogP contribution in [0.4, 0.5) is 0 Å². The molecule has 4 saturated carbocycles. The van der Waals surface area contributed by atoms with E-state index >= 15 is 0 Å². The van der Waals surface area contributed by atoms with Crippen LogP contribution in [-0.4, -0.2) is 82.9 Å². The number of esters is 3. The van der Waals surface area contributed by atoms with Gasteiger partial charge in [0.2, 0.25) is 6.29 Å². The number of rotatable bonds is 5. The summed E-state index contributed by atoms with van der Waals surface area (Å²) in [6.45, 7) is 11.1. The highest BCUT2D eigenvalue weighted by atomic mass is 16.7. The first-order valence-electron chi connectivity index (χ1n) is 16.3. The summed E-state index contributed by atoms with van der Waals surface area (Å²) in [6, 6.07) is 1.90. The molecule has 2 aliphatic heterocycles. The third-order valence-corrected chi connectivity index (χ3v) is 13.1. The minimum Gasteiger partial charge on any atom is -0.472 e. The molecule has 1 aromatic rings. The van der Waals surface area contributed by atoms with Crippen LogP contribution < -0.4 is 0 Å². The third kappa shape index (κ3) is 3.59. The Balaban J connectivity index is 1.41. The number of ketones is 1. The molecule has 3 heterocycles. The number of epoxide rings is 1. The standard InChI is InChI=1S/C34H44O12/c1-15(2)28(40)45-29-31(6)21-11-22(38)32(7)25(33(21,14-42-29)26(39)24(43-16(3)35)27(31)44-17(4)36)20(37)12-30(5)19(18-8-9-41-13-18)10-23-34(30,32)46-23/h8-9,13,15,19,21-27,29,38-39H,10-12,14H2,1-7H3. The molecular weight excluding hydrogens is 600 g/mol. The molecule has 14 atom stereocenters. The minimum absolute atomic E-state index is 0.0553. The van der Waals surface area contributed by atoms with Gasteiger partial charge < -0.3 is 38.3 Å². The average molecular weight is 645 g/mol. The number of ether oxygens (including phenoxy) is 5.